The standard InChI is InChI=1S/C15H24FNS/c1-5-8-17-15(10-18-11(2)3)14-9-13(16)7-6-12(14)4/h6-7,9,11,15,17H,5,8,10H2,1-4H3. The van der Waals surface area contributed by atoms with E-state index in [0.29, 0.717) is 5.25 Å². The smallest absolute Gasteiger partial charge is 0.123 e. The molecule has 1 unspecified atom stereocenters. The molecule has 1 aromatic carbocycles. The number of rotatable bonds is 7. The summed E-state index contributed by atoms with van der Waals surface area (Å²) < 4.78 is 13.4. The van der Waals surface area contributed by atoms with Crippen LogP contribution in [0, 0.1) is 12.7 Å². The van der Waals surface area contributed by atoms with Crippen molar-refractivity contribution >= 4 is 11.8 Å². The fourth-order valence-corrected chi connectivity index (χ4v) is 2.73. The van der Waals surface area contributed by atoms with Crippen LogP contribution in [0.5, 0.6) is 0 Å². The van der Waals surface area contributed by atoms with Gasteiger partial charge in [-0.3, -0.25) is 0 Å². The summed E-state index contributed by atoms with van der Waals surface area (Å²) in [6, 6.07) is 5.31. The fourth-order valence-electron chi connectivity index (χ4n) is 1.85. The number of halogens is 1. The van der Waals surface area contributed by atoms with E-state index in [-0.39, 0.29) is 11.9 Å². The van der Waals surface area contributed by atoms with E-state index in [1.807, 2.05) is 17.8 Å². The van der Waals surface area contributed by atoms with E-state index in [0.717, 1.165) is 29.8 Å². The predicted molar refractivity (Wildman–Crippen MR) is 79.8 cm³/mol. The van der Waals surface area contributed by atoms with Gasteiger partial charge >= 0.3 is 0 Å². The van der Waals surface area contributed by atoms with Crippen LogP contribution in [0.3, 0.4) is 0 Å². The minimum Gasteiger partial charge on any atom is -0.309 e. The molecule has 1 rings (SSSR count). The Morgan fingerprint density at radius 1 is 1.33 bits per heavy atom. The summed E-state index contributed by atoms with van der Waals surface area (Å²) in [5.74, 6) is 0.843. The average Bonchev–Trinajstić information content (AvgIpc) is 2.32. The van der Waals surface area contributed by atoms with Gasteiger partial charge in [0.25, 0.3) is 0 Å². The van der Waals surface area contributed by atoms with E-state index in [4.69, 9.17) is 0 Å². The van der Waals surface area contributed by atoms with Crippen LogP contribution in [-0.2, 0) is 0 Å². The van der Waals surface area contributed by atoms with Crippen LogP contribution in [0.15, 0.2) is 18.2 Å². The Bertz CT molecular complexity index is 366. The van der Waals surface area contributed by atoms with Crippen molar-refractivity contribution in [2.45, 2.75) is 45.4 Å². The predicted octanol–water partition coefficient (Wildman–Crippen LogP) is 4.32. The van der Waals surface area contributed by atoms with E-state index in [2.05, 4.69) is 33.0 Å². The molecule has 0 aromatic heterocycles. The molecule has 1 atom stereocenters. The lowest BCUT2D eigenvalue weighted by Gasteiger charge is -2.21. The fraction of sp³-hybridized carbons (Fsp3) is 0.600. The molecule has 0 fully saturated rings. The van der Waals surface area contributed by atoms with Gasteiger partial charge < -0.3 is 5.32 Å². The zero-order chi connectivity index (χ0) is 13.5. The van der Waals surface area contributed by atoms with Gasteiger partial charge in [-0.2, -0.15) is 11.8 Å². The SMILES string of the molecule is CCCNC(CSC(C)C)c1cc(F)ccc1C. The Hall–Kier alpha value is -0.540. The second-order valence-electron chi connectivity index (χ2n) is 4.89. The number of hydrogen-bond donors (Lipinski definition) is 1. The number of aryl methyl sites for hydroxylation is 1. The van der Waals surface area contributed by atoms with Gasteiger partial charge in [0, 0.05) is 11.8 Å². The van der Waals surface area contributed by atoms with Crippen LogP contribution >= 0.6 is 11.8 Å². The van der Waals surface area contributed by atoms with Crippen LogP contribution in [0.1, 0.15) is 44.4 Å². The zero-order valence-corrected chi connectivity index (χ0v) is 12.6. The second kappa shape index (κ2) is 7.80. The van der Waals surface area contributed by atoms with Gasteiger partial charge in [-0.1, -0.05) is 26.8 Å². The molecule has 1 aromatic rings. The molecule has 0 saturated carbocycles. The van der Waals surface area contributed by atoms with Crippen molar-refractivity contribution in [3.8, 4) is 0 Å². The van der Waals surface area contributed by atoms with E-state index in [1.165, 1.54) is 6.07 Å². The summed E-state index contributed by atoms with van der Waals surface area (Å²) in [6.45, 7) is 9.56. The Labute approximate surface area is 115 Å². The van der Waals surface area contributed by atoms with Gasteiger partial charge in [0.1, 0.15) is 5.82 Å². The first-order valence-electron chi connectivity index (χ1n) is 6.65. The van der Waals surface area contributed by atoms with Crippen LogP contribution in [0.4, 0.5) is 4.39 Å². The van der Waals surface area contributed by atoms with Crippen molar-refractivity contribution in [1.29, 1.82) is 0 Å². The molecule has 0 aliphatic carbocycles. The molecule has 102 valence electrons. The molecule has 0 spiro atoms. The monoisotopic (exact) mass is 269 g/mol. The van der Waals surface area contributed by atoms with Gasteiger partial charge in [0.2, 0.25) is 0 Å². The lowest BCUT2D eigenvalue weighted by atomic mass is 10.0. The highest BCUT2D eigenvalue weighted by Gasteiger charge is 2.14. The van der Waals surface area contributed by atoms with Crippen LogP contribution < -0.4 is 5.32 Å². The normalized spacial score (nSPS) is 13.0. The highest BCUT2D eigenvalue weighted by atomic mass is 32.2. The quantitative estimate of drug-likeness (QED) is 0.791. The third-order valence-electron chi connectivity index (χ3n) is 2.85. The van der Waals surface area contributed by atoms with Crippen molar-refractivity contribution in [3.05, 3.63) is 35.1 Å². The van der Waals surface area contributed by atoms with Crippen LogP contribution in [-0.4, -0.2) is 17.5 Å². The molecular weight excluding hydrogens is 245 g/mol. The summed E-state index contributed by atoms with van der Waals surface area (Å²) in [6.07, 6.45) is 1.09. The molecule has 0 bridgehead atoms. The minimum absolute atomic E-state index is 0.145. The second-order valence-corrected chi connectivity index (χ2v) is 6.50. The average molecular weight is 269 g/mol. The first-order chi connectivity index (χ1) is 8.54. The minimum atomic E-state index is -0.145. The number of benzene rings is 1. The Morgan fingerprint density at radius 3 is 2.67 bits per heavy atom. The largest absolute Gasteiger partial charge is 0.309 e. The lowest BCUT2D eigenvalue weighted by molar-refractivity contribution is 0.565. The third kappa shape index (κ3) is 4.99. The summed E-state index contributed by atoms with van der Waals surface area (Å²) in [7, 11) is 0. The highest BCUT2D eigenvalue weighted by Crippen LogP contribution is 2.24. The molecule has 0 amide bonds. The zero-order valence-electron chi connectivity index (χ0n) is 11.8. The Kier molecular flexibility index (Phi) is 6.72. The third-order valence-corrected chi connectivity index (χ3v) is 4.05. The summed E-state index contributed by atoms with van der Waals surface area (Å²) in [5, 5.41) is 4.12. The molecule has 1 N–H and O–H groups in total. The molecule has 1 nitrogen and oxygen atoms in total. The van der Waals surface area contributed by atoms with Crippen molar-refractivity contribution in [3.63, 3.8) is 0 Å². The first kappa shape index (κ1) is 15.5. The molecule has 18 heavy (non-hydrogen) atoms. The van der Waals surface area contributed by atoms with Crippen LogP contribution in [0.25, 0.3) is 0 Å². The maximum Gasteiger partial charge on any atom is 0.123 e. The van der Waals surface area contributed by atoms with Crippen molar-refractivity contribution in [1.82, 2.24) is 5.32 Å². The van der Waals surface area contributed by atoms with Crippen molar-refractivity contribution < 1.29 is 4.39 Å². The van der Waals surface area contributed by atoms with Crippen molar-refractivity contribution in [2.75, 3.05) is 12.3 Å². The van der Waals surface area contributed by atoms with Gasteiger partial charge in [-0.25, -0.2) is 4.39 Å². The molecular formula is C15H24FNS. The van der Waals surface area contributed by atoms with E-state index >= 15 is 0 Å². The molecule has 0 heterocycles. The molecule has 3 heteroatoms. The van der Waals surface area contributed by atoms with Gasteiger partial charge in [-0.05, 0) is 48.4 Å². The summed E-state index contributed by atoms with van der Waals surface area (Å²) >= 11 is 1.91. The summed E-state index contributed by atoms with van der Waals surface area (Å²) in [5.41, 5.74) is 2.26. The number of thioether (sulfide) groups is 1. The molecule has 0 radical (unpaired) electrons. The molecule has 0 saturated heterocycles. The molecule has 0 aliphatic rings. The van der Waals surface area contributed by atoms with Crippen molar-refractivity contribution in [2.24, 2.45) is 0 Å². The van der Waals surface area contributed by atoms with E-state index in [9.17, 15) is 4.39 Å². The topological polar surface area (TPSA) is 12.0 Å². The number of hydrogen-bond acceptors (Lipinski definition) is 2. The first-order valence-corrected chi connectivity index (χ1v) is 7.70. The highest BCUT2D eigenvalue weighted by molar-refractivity contribution is 7.99. The van der Waals surface area contributed by atoms with Gasteiger partial charge in [0.15, 0.2) is 0 Å². The Balaban J connectivity index is 2.82. The Morgan fingerprint density at radius 2 is 2.06 bits per heavy atom. The van der Waals surface area contributed by atoms with Crippen LogP contribution in [0.2, 0.25) is 0 Å². The maximum absolute atomic E-state index is 13.4. The van der Waals surface area contributed by atoms with Gasteiger partial charge in [-0.15, -0.1) is 0 Å². The van der Waals surface area contributed by atoms with E-state index in [1.54, 1.807) is 6.07 Å². The maximum atomic E-state index is 13.4. The molecule has 0 aliphatic heterocycles. The lowest BCUT2D eigenvalue weighted by Crippen LogP contribution is -2.25. The van der Waals surface area contributed by atoms with E-state index < -0.39 is 0 Å². The van der Waals surface area contributed by atoms with Gasteiger partial charge in [0.05, 0.1) is 0 Å². The number of nitrogens with one attached hydrogen (secondary N) is 1. The summed E-state index contributed by atoms with van der Waals surface area (Å²) in [4.78, 5) is 0.